The van der Waals surface area contributed by atoms with Crippen LogP contribution in [-0.2, 0) is 36.8 Å². The minimum absolute atomic E-state index is 0.131. The maximum absolute atomic E-state index is 11.5. The molecule has 0 amide bonds. The predicted octanol–water partition coefficient (Wildman–Crippen LogP) is 5.37. The van der Waals surface area contributed by atoms with Gasteiger partial charge in [0.2, 0.25) is 6.41 Å². The Morgan fingerprint density at radius 1 is 0.943 bits per heavy atom. The van der Waals surface area contributed by atoms with Gasteiger partial charge in [0, 0.05) is 25.9 Å². The van der Waals surface area contributed by atoms with E-state index in [1.54, 1.807) is 0 Å². The van der Waals surface area contributed by atoms with E-state index >= 15 is 0 Å². The summed E-state index contributed by atoms with van der Waals surface area (Å²) >= 11 is 0. The number of carbonyl (C=O) groups is 2. The molecule has 200 valence electrons. The number of benzene rings is 1. The van der Waals surface area contributed by atoms with Crippen LogP contribution < -0.4 is 0 Å². The smallest absolute Gasteiger partial charge is 0.305 e. The van der Waals surface area contributed by atoms with Gasteiger partial charge in [-0.3, -0.25) is 14.5 Å². The fourth-order valence-electron chi connectivity index (χ4n) is 3.82. The van der Waals surface area contributed by atoms with Gasteiger partial charge in [-0.05, 0) is 70.9 Å². The molecule has 7 heteroatoms. The van der Waals surface area contributed by atoms with Crippen molar-refractivity contribution in [3.63, 3.8) is 0 Å². The summed E-state index contributed by atoms with van der Waals surface area (Å²) in [5.74, 6) is -0.284. The summed E-state index contributed by atoms with van der Waals surface area (Å²) in [7, 11) is 1.42. The van der Waals surface area contributed by atoms with E-state index in [0.29, 0.717) is 26.0 Å². The average molecular weight is 494 g/mol. The van der Waals surface area contributed by atoms with E-state index in [1.165, 1.54) is 12.7 Å². The average Bonchev–Trinajstić information content (AvgIpc) is 2.79. The molecule has 0 bridgehead atoms. The summed E-state index contributed by atoms with van der Waals surface area (Å²) in [5, 5.41) is 10.8. The van der Waals surface area contributed by atoms with Crippen molar-refractivity contribution >= 4 is 11.9 Å². The number of nitrogens with zero attached hydrogens (tertiary/aromatic N) is 1. The number of carbonyl (C=O) groups excluding carboxylic acids is 2. The van der Waals surface area contributed by atoms with Crippen LogP contribution in [0.15, 0.2) is 24.3 Å². The molecule has 35 heavy (non-hydrogen) atoms. The summed E-state index contributed by atoms with van der Waals surface area (Å²) in [5.41, 5.74) is 1.90. The van der Waals surface area contributed by atoms with Gasteiger partial charge in [0.05, 0.1) is 19.3 Å². The minimum atomic E-state index is -0.984. The Balaban J connectivity index is 2.58. The molecule has 1 unspecified atom stereocenters. The van der Waals surface area contributed by atoms with Gasteiger partial charge in [0.1, 0.15) is 0 Å². The van der Waals surface area contributed by atoms with Crippen molar-refractivity contribution in [2.45, 2.75) is 110 Å². The van der Waals surface area contributed by atoms with Gasteiger partial charge < -0.3 is 19.3 Å². The van der Waals surface area contributed by atoms with Crippen molar-refractivity contribution in [3.05, 3.63) is 35.4 Å². The molecule has 7 nitrogen and oxygen atoms in total. The van der Waals surface area contributed by atoms with E-state index in [-0.39, 0.29) is 11.9 Å². The summed E-state index contributed by atoms with van der Waals surface area (Å²) < 4.78 is 15.5. The molecule has 0 aliphatic heterocycles. The highest BCUT2D eigenvalue weighted by atomic mass is 16.6. The van der Waals surface area contributed by atoms with Gasteiger partial charge in [0.15, 0.2) is 0 Å². The lowest BCUT2D eigenvalue weighted by molar-refractivity contribution is -0.241. The first-order valence-electron chi connectivity index (χ1n) is 13.0. The SMILES string of the molecule is CCOC(=O)CCCCc1cccc(CN(CCCCCCCC(=O)OC)C(O)OC(C)(C)C)c1. The first kappa shape index (κ1) is 31.1. The zero-order chi connectivity index (χ0) is 26.1. The van der Waals surface area contributed by atoms with Crippen molar-refractivity contribution in [1.82, 2.24) is 4.90 Å². The number of hydrogen-bond donors (Lipinski definition) is 1. The zero-order valence-electron chi connectivity index (χ0n) is 22.5. The Hall–Kier alpha value is -1.96. The fourth-order valence-corrected chi connectivity index (χ4v) is 3.82. The normalized spacial score (nSPS) is 12.5. The van der Waals surface area contributed by atoms with E-state index in [1.807, 2.05) is 38.7 Å². The molecule has 1 atom stereocenters. The molecule has 0 aliphatic rings. The van der Waals surface area contributed by atoms with Gasteiger partial charge in [-0.15, -0.1) is 0 Å². The molecule has 0 spiro atoms. The minimum Gasteiger partial charge on any atom is -0.469 e. The Kier molecular flexibility index (Phi) is 15.5. The van der Waals surface area contributed by atoms with Crippen LogP contribution in [0.2, 0.25) is 0 Å². The largest absolute Gasteiger partial charge is 0.469 e. The zero-order valence-corrected chi connectivity index (χ0v) is 22.5. The van der Waals surface area contributed by atoms with Crippen LogP contribution in [0.1, 0.15) is 96.6 Å². The molecule has 1 aromatic carbocycles. The first-order valence-corrected chi connectivity index (χ1v) is 13.0. The molecule has 1 aromatic rings. The van der Waals surface area contributed by atoms with E-state index < -0.39 is 12.0 Å². The highest BCUT2D eigenvalue weighted by molar-refractivity contribution is 5.69. The van der Waals surface area contributed by atoms with Gasteiger partial charge in [-0.25, -0.2) is 0 Å². The number of aryl methyl sites for hydroxylation is 1. The maximum Gasteiger partial charge on any atom is 0.305 e. The first-order chi connectivity index (χ1) is 16.6. The molecule has 0 aliphatic carbocycles. The summed E-state index contributed by atoms with van der Waals surface area (Å²) in [6, 6.07) is 8.40. The number of ether oxygens (including phenoxy) is 3. The Bertz CT molecular complexity index is 730. The Labute approximate surface area is 212 Å². The van der Waals surface area contributed by atoms with Crippen LogP contribution in [0.3, 0.4) is 0 Å². The van der Waals surface area contributed by atoms with Crippen LogP contribution in [0.5, 0.6) is 0 Å². The monoisotopic (exact) mass is 493 g/mol. The highest BCUT2D eigenvalue weighted by Gasteiger charge is 2.22. The van der Waals surface area contributed by atoms with Gasteiger partial charge in [-0.1, -0.05) is 43.5 Å². The van der Waals surface area contributed by atoms with Gasteiger partial charge in [0.25, 0.3) is 0 Å². The van der Waals surface area contributed by atoms with E-state index in [9.17, 15) is 14.7 Å². The third-order valence-electron chi connectivity index (χ3n) is 5.60. The number of rotatable bonds is 18. The third kappa shape index (κ3) is 15.6. The predicted molar refractivity (Wildman–Crippen MR) is 138 cm³/mol. The van der Waals surface area contributed by atoms with Crippen molar-refractivity contribution in [1.29, 1.82) is 0 Å². The molecule has 0 heterocycles. The molecule has 1 rings (SSSR count). The molecular weight excluding hydrogens is 446 g/mol. The molecular formula is C28H47NO6. The van der Waals surface area contributed by atoms with Crippen molar-refractivity contribution in [2.75, 3.05) is 20.3 Å². The molecule has 0 fully saturated rings. The topological polar surface area (TPSA) is 85.3 Å². The highest BCUT2D eigenvalue weighted by Crippen LogP contribution is 2.18. The number of aliphatic hydroxyl groups is 1. The summed E-state index contributed by atoms with van der Waals surface area (Å²) in [6.45, 7) is 9.38. The Morgan fingerprint density at radius 2 is 1.57 bits per heavy atom. The lowest BCUT2D eigenvalue weighted by atomic mass is 10.0. The second-order valence-electron chi connectivity index (χ2n) is 9.95. The number of esters is 2. The lowest BCUT2D eigenvalue weighted by Gasteiger charge is -2.32. The van der Waals surface area contributed by atoms with Crippen molar-refractivity contribution < 1.29 is 28.9 Å². The number of aliphatic hydroxyl groups excluding tert-OH is 1. The van der Waals surface area contributed by atoms with E-state index in [4.69, 9.17) is 9.47 Å². The van der Waals surface area contributed by atoms with Crippen LogP contribution in [0.4, 0.5) is 0 Å². The number of methoxy groups -OCH3 is 1. The van der Waals surface area contributed by atoms with Gasteiger partial charge >= 0.3 is 11.9 Å². The Morgan fingerprint density at radius 3 is 2.26 bits per heavy atom. The quantitative estimate of drug-likeness (QED) is 0.167. The van der Waals surface area contributed by atoms with E-state index in [2.05, 4.69) is 22.9 Å². The fraction of sp³-hybridized carbons (Fsp3) is 0.714. The molecule has 0 saturated heterocycles. The van der Waals surface area contributed by atoms with Crippen LogP contribution >= 0.6 is 0 Å². The standard InChI is InChI=1S/C28H47NO6/c1-6-34-26(31)19-12-11-15-23-16-14-17-24(21-23)22-29(27(32)35-28(2,3)4)20-13-9-7-8-10-18-25(30)33-5/h14,16-17,21,27,32H,6-13,15,18-20,22H2,1-5H3. The van der Waals surface area contributed by atoms with Gasteiger partial charge in [-0.2, -0.15) is 0 Å². The van der Waals surface area contributed by atoms with Crippen molar-refractivity contribution in [2.24, 2.45) is 0 Å². The molecule has 0 radical (unpaired) electrons. The van der Waals surface area contributed by atoms with Crippen LogP contribution in [0.25, 0.3) is 0 Å². The third-order valence-corrected chi connectivity index (χ3v) is 5.60. The summed E-state index contributed by atoms with van der Waals surface area (Å²) in [4.78, 5) is 24.7. The van der Waals surface area contributed by atoms with Crippen LogP contribution in [0, 0.1) is 0 Å². The summed E-state index contributed by atoms with van der Waals surface area (Å²) in [6.07, 6.45) is 7.44. The number of unbranched alkanes of at least 4 members (excludes halogenated alkanes) is 5. The maximum atomic E-state index is 11.5. The second-order valence-corrected chi connectivity index (χ2v) is 9.95. The van der Waals surface area contributed by atoms with Crippen LogP contribution in [-0.4, -0.2) is 54.2 Å². The molecule has 1 N–H and O–H groups in total. The molecule has 0 aromatic heterocycles. The van der Waals surface area contributed by atoms with E-state index in [0.717, 1.165) is 63.5 Å². The number of hydrogen-bond acceptors (Lipinski definition) is 7. The molecule has 0 saturated carbocycles. The lowest BCUT2D eigenvalue weighted by Crippen LogP contribution is -2.42. The van der Waals surface area contributed by atoms with Crippen molar-refractivity contribution in [3.8, 4) is 0 Å². The second kappa shape index (κ2) is 17.5.